The van der Waals surface area contributed by atoms with E-state index in [1.165, 1.54) is 88.2 Å². The third-order valence-corrected chi connectivity index (χ3v) is 5.75. The highest BCUT2D eigenvalue weighted by Crippen LogP contribution is 2.32. The van der Waals surface area contributed by atoms with E-state index >= 15 is 0 Å². The summed E-state index contributed by atoms with van der Waals surface area (Å²) in [7, 11) is 0. The quantitative estimate of drug-likeness (QED) is 0.332. The molecule has 0 N–H and O–H groups in total. The second kappa shape index (κ2) is 11.9. The minimum atomic E-state index is 0.659. The van der Waals surface area contributed by atoms with Crippen LogP contribution in [0.25, 0.3) is 0 Å². The van der Waals surface area contributed by atoms with Gasteiger partial charge in [0.1, 0.15) is 0 Å². The number of nitriles is 1. The van der Waals surface area contributed by atoms with E-state index < -0.39 is 0 Å². The van der Waals surface area contributed by atoms with Crippen molar-refractivity contribution >= 4 is 0 Å². The van der Waals surface area contributed by atoms with E-state index in [9.17, 15) is 0 Å². The van der Waals surface area contributed by atoms with Crippen LogP contribution in [0.4, 0.5) is 0 Å². The minimum Gasteiger partial charge on any atom is -0.193 e. The van der Waals surface area contributed by atoms with Crippen molar-refractivity contribution in [2.45, 2.75) is 84.0 Å². The lowest BCUT2D eigenvalue weighted by atomic mass is 9.79. The summed E-state index contributed by atoms with van der Waals surface area (Å²) in [5.74, 6) is 1.58. The molecule has 0 aliphatic heterocycles. The van der Waals surface area contributed by atoms with E-state index in [0.29, 0.717) is 5.92 Å². The monoisotopic (exact) mass is 337 g/mol. The maximum atomic E-state index is 8.61. The van der Waals surface area contributed by atoms with Crippen LogP contribution in [-0.4, -0.2) is 0 Å². The molecule has 0 bridgehead atoms. The molecule has 0 heterocycles. The minimum absolute atomic E-state index is 0.659. The van der Waals surface area contributed by atoms with Gasteiger partial charge in [0.2, 0.25) is 0 Å². The lowest BCUT2D eigenvalue weighted by Crippen LogP contribution is -2.13. The van der Waals surface area contributed by atoms with E-state index in [0.717, 1.165) is 5.92 Å². The van der Waals surface area contributed by atoms with Gasteiger partial charge >= 0.3 is 0 Å². The summed E-state index contributed by atoms with van der Waals surface area (Å²) in [5, 5.41) is 8.61. The van der Waals surface area contributed by atoms with E-state index in [-0.39, 0.29) is 0 Å². The Morgan fingerprint density at radius 3 is 2.08 bits per heavy atom. The fourth-order valence-electron chi connectivity index (χ4n) is 4.06. The number of benzene rings is 1. The highest BCUT2D eigenvalue weighted by atomic mass is 14.3. The fourth-order valence-corrected chi connectivity index (χ4v) is 4.06. The van der Waals surface area contributed by atoms with Crippen LogP contribution >= 0.6 is 0 Å². The Bertz CT molecular complexity index is 526. The van der Waals surface area contributed by atoms with Gasteiger partial charge in [-0.1, -0.05) is 62.9 Å². The van der Waals surface area contributed by atoms with Crippen LogP contribution < -0.4 is 0 Å². The molecule has 0 amide bonds. The molecule has 1 nitrogen and oxygen atoms in total. The number of aryl methyl sites for hydroxylation is 2. The lowest BCUT2D eigenvalue weighted by Gasteiger charge is -2.26. The highest BCUT2D eigenvalue weighted by Gasteiger charge is 2.18. The van der Waals surface area contributed by atoms with E-state index in [1.807, 2.05) is 0 Å². The molecule has 0 unspecified atom stereocenters. The number of unbranched alkanes of at least 4 members (excludes halogenated alkanes) is 3. The number of rotatable bonds is 10. The third-order valence-electron chi connectivity index (χ3n) is 5.75. The molecule has 1 aromatic carbocycles. The summed E-state index contributed by atoms with van der Waals surface area (Å²) in [4.78, 5) is 0. The Labute approximate surface area is 155 Å². The van der Waals surface area contributed by atoms with Gasteiger partial charge in [0.15, 0.2) is 0 Å². The molecule has 1 aliphatic rings. The van der Waals surface area contributed by atoms with E-state index in [2.05, 4.69) is 43.3 Å². The Hall–Kier alpha value is -1.55. The van der Waals surface area contributed by atoms with Gasteiger partial charge in [-0.2, -0.15) is 5.26 Å². The van der Waals surface area contributed by atoms with Crippen LogP contribution in [0.15, 0.2) is 36.4 Å². The summed E-state index contributed by atoms with van der Waals surface area (Å²) >= 11 is 0. The van der Waals surface area contributed by atoms with Gasteiger partial charge in [-0.05, 0) is 74.3 Å². The molecule has 1 aliphatic carbocycles. The van der Waals surface area contributed by atoms with Crippen LogP contribution in [0.2, 0.25) is 0 Å². The SMILES string of the molecule is CCCCCc1ccc(CCCCC2CCC(/C=C/C#N)CC2)cc1. The van der Waals surface area contributed by atoms with Crippen molar-refractivity contribution in [3.63, 3.8) is 0 Å². The first-order valence-corrected chi connectivity index (χ1v) is 10.5. The molecule has 0 saturated heterocycles. The molecule has 1 fully saturated rings. The van der Waals surface area contributed by atoms with Crippen molar-refractivity contribution in [2.24, 2.45) is 11.8 Å². The maximum absolute atomic E-state index is 8.61. The molecule has 25 heavy (non-hydrogen) atoms. The third kappa shape index (κ3) is 7.91. The molecule has 1 heteroatoms. The van der Waals surface area contributed by atoms with Crippen LogP contribution in [0.1, 0.15) is 82.3 Å². The smallest absolute Gasteiger partial charge is 0.0908 e. The summed E-state index contributed by atoms with van der Waals surface area (Å²) in [6.45, 7) is 2.26. The predicted molar refractivity (Wildman–Crippen MR) is 107 cm³/mol. The van der Waals surface area contributed by atoms with Gasteiger partial charge in [0.05, 0.1) is 6.07 Å². The second-order valence-electron chi connectivity index (χ2n) is 7.79. The van der Waals surface area contributed by atoms with Crippen molar-refractivity contribution in [3.05, 3.63) is 47.5 Å². The van der Waals surface area contributed by atoms with Crippen LogP contribution in [-0.2, 0) is 12.8 Å². The normalized spacial score (nSPS) is 20.6. The zero-order valence-corrected chi connectivity index (χ0v) is 16.1. The Balaban J connectivity index is 1.57. The lowest BCUT2D eigenvalue weighted by molar-refractivity contribution is 0.289. The molecular formula is C24H35N. The fraction of sp³-hybridized carbons (Fsp3) is 0.625. The van der Waals surface area contributed by atoms with Crippen molar-refractivity contribution in [3.8, 4) is 6.07 Å². The molecule has 136 valence electrons. The van der Waals surface area contributed by atoms with Gasteiger partial charge in [-0.25, -0.2) is 0 Å². The standard InChI is InChI=1S/C24H35N/c1-2-3-4-8-21-12-14-22(15-13-21)9-5-6-10-23-16-18-24(19-17-23)11-7-20-25/h7,11-15,23-24H,2-6,8-10,16-19H2,1H3/b11-7+. The number of hydrogen-bond acceptors (Lipinski definition) is 1. The topological polar surface area (TPSA) is 23.8 Å². The van der Waals surface area contributed by atoms with E-state index in [4.69, 9.17) is 5.26 Å². The first kappa shape index (κ1) is 19.8. The van der Waals surface area contributed by atoms with Crippen LogP contribution in [0, 0.1) is 23.2 Å². The predicted octanol–water partition coefficient (Wildman–Crippen LogP) is 7.02. The number of nitrogens with zero attached hydrogens (tertiary/aromatic N) is 1. The van der Waals surface area contributed by atoms with Crippen molar-refractivity contribution in [2.75, 3.05) is 0 Å². The molecule has 0 radical (unpaired) electrons. The average molecular weight is 338 g/mol. The zero-order valence-electron chi connectivity index (χ0n) is 16.1. The zero-order chi connectivity index (χ0) is 17.7. The number of hydrogen-bond donors (Lipinski definition) is 0. The van der Waals surface area contributed by atoms with Gasteiger partial charge in [-0.3, -0.25) is 0 Å². The van der Waals surface area contributed by atoms with Crippen LogP contribution in [0.3, 0.4) is 0 Å². The molecular weight excluding hydrogens is 302 g/mol. The first-order chi connectivity index (χ1) is 12.3. The summed E-state index contributed by atoms with van der Waals surface area (Å²) in [6, 6.07) is 11.5. The van der Waals surface area contributed by atoms with Crippen LogP contribution in [0.5, 0.6) is 0 Å². The van der Waals surface area contributed by atoms with Crippen molar-refractivity contribution < 1.29 is 0 Å². The van der Waals surface area contributed by atoms with Gasteiger partial charge in [-0.15, -0.1) is 0 Å². The molecule has 0 atom stereocenters. The Morgan fingerprint density at radius 2 is 1.52 bits per heavy atom. The summed E-state index contributed by atoms with van der Waals surface area (Å²) < 4.78 is 0. The Kier molecular flexibility index (Phi) is 9.42. The molecule has 0 aromatic heterocycles. The average Bonchev–Trinajstić information content (AvgIpc) is 2.66. The van der Waals surface area contributed by atoms with Gasteiger partial charge < -0.3 is 0 Å². The van der Waals surface area contributed by atoms with Crippen molar-refractivity contribution in [1.82, 2.24) is 0 Å². The van der Waals surface area contributed by atoms with Crippen molar-refractivity contribution in [1.29, 1.82) is 5.26 Å². The molecule has 1 saturated carbocycles. The largest absolute Gasteiger partial charge is 0.193 e. The first-order valence-electron chi connectivity index (χ1n) is 10.5. The molecule has 1 aromatic rings. The molecule has 0 spiro atoms. The second-order valence-corrected chi connectivity index (χ2v) is 7.79. The molecule has 2 rings (SSSR count). The maximum Gasteiger partial charge on any atom is 0.0908 e. The van der Waals surface area contributed by atoms with Gasteiger partial charge in [0, 0.05) is 6.08 Å². The Morgan fingerprint density at radius 1 is 0.920 bits per heavy atom. The summed E-state index contributed by atoms with van der Waals surface area (Å²) in [6.07, 6.45) is 19.6. The highest BCUT2D eigenvalue weighted by molar-refractivity contribution is 5.22. The number of allylic oxidation sites excluding steroid dienone is 2. The van der Waals surface area contributed by atoms with E-state index in [1.54, 1.807) is 6.08 Å². The summed E-state index contributed by atoms with van der Waals surface area (Å²) in [5.41, 5.74) is 3.00. The van der Waals surface area contributed by atoms with Gasteiger partial charge in [0.25, 0.3) is 0 Å².